The van der Waals surface area contributed by atoms with E-state index in [1.165, 1.54) is 19.2 Å². The van der Waals surface area contributed by atoms with E-state index in [0.29, 0.717) is 22.0 Å². The van der Waals surface area contributed by atoms with Crippen LogP contribution in [0.2, 0.25) is 5.02 Å². The summed E-state index contributed by atoms with van der Waals surface area (Å²) in [6, 6.07) is 15.4. The van der Waals surface area contributed by atoms with Crippen LogP contribution in [0.25, 0.3) is 0 Å². The Kier molecular flexibility index (Phi) is 6.35. The molecule has 2 N–H and O–H groups in total. The van der Waals surface area contributed by atoms with Crippen LogP contribution < -0.4 is 14.8 Å². The Bertz CT molecular complexity index is 1050. The van der Waals surface area contributed by atoms with Gasteiger partial charge in [-0.25, -0.2) is 8.42 Å². The van der Waals surface area contributed by atoms with Gasteiger partial charge in [-0.05, 0) is 35.2 Å². The van der Waals surface area contributed by atoms with Crippen LogP contribution in [0.3, 0.4) is 0 Å². The van der Waals surface area contributed by atoms with E-state index in [2.05, 4.69) is 10.0 Å². The van der Waals surface area contributed by atoms with Gasteiger partial charge in [-0.2, -0.15) is 4.72 Å². The lowest BCUT2D eigenvalue weighted by Gasteiger charge is -2.19. The number of ether oxygens (including phenoxy) is 1. The van der Waals surface area contributed by atoms with Gasteiger partial charge in [-0.3, -0.25) is 4.79 Å². The summed E-state index contributed by atoms with van der Waals surface area (Å²) in [5, 5.41) is 4.76. The van der Waals surface area contributed by atoms with Crippen molar-refractivity contribution in [3.8, 4) is 5.75 Å². The first-order chi connectivity index (χ1) is 13.4. The van der Waals surface area contributed by atoms with Gasteiger partial charge in [0.15, 0.2) is 0 Å². The molecule has 1 aromatic heterocycles. The molecule has 3 rings (SSSR count). The number of carbonyl (C=O) groups is 1. The third-order valence-electron chi connectivity index (χ3n) is 3.85. The number of thiophene rings is 1. The molecule has 2 aromatic carbocycles. The predicted octanol–water partition coefficient (Wildman–Crippen LogP) is 4.07. The number of hydrogen-bond acceptors (Lipinski definition) is 5. The zero-order valence-corrected chi connectivity index (χ0v) is 17.1. The highest BCUT2D eigenvalue weighted by molar-refractivity contribution is 7.91. The molecule has 6 nitrogen and oxygen atoms in total. The molecule has 0 radical (unpaired) electrons. The van der Waals surface area contributed by atoms with Gasteiger partial charge in [-0.15, -0.1) is 11.3 Å². The molecule has 1 atom stereocenters. The van der Waals surface area contributed by atoms with Crippen molar-refractivity contribution in [2.75, 3.05) is 12.4 Å². The van der Waals surface area contributed by atoms with Gasteiger partial charge < -0.3 is 10.1 Å². The van der Waals surface area contributed by atoms with E-state index in [1.54, 1.807) is 53.9 Å². The molecule has 146 valence electrons. The molecule has 1 heterocycles. The third kappa shape index (κ3) is 4.71. The van der Waals surface area contributed by atoms with Gasteiger partial charge in [0.1, 0.15) is 16.0 Å². The first-order valence-corrected chi connectivity index (χ1v) is 10.9. The van der Waals surface area contributed by atoms with E-state index in [1.807, 2.05) is 0 Å². The van der Waals surface area contributed by atoms with Crippen LogP contribution in [0, 0.1) is 0 Å². The monoisotopic (exact) mass is 436 g/mol. The Morgan fingerprint density at radius 2 is 1.86 bits per heavy atom. The summed E-state index contributed by atoms with van der Waals surface area (Å²) in [5.74, 6) is -0.155. The van der Waals surface area contributed by atoms with Gasteiger partial charge in [0, 0.05) is 5.02 Å². The number of methoxy groups -OCH3 is 1. The number of benzene rings is 2. The Labute approximate surface area is 172 Å². The molecule has 0 saturated heterocycles. The van der Waals surface area contributed by atoms with E-state index in [-0.39, 0.29) is 4.21 Å². The summed E-state index contributed by atoms with van der Waals surface area (Å²) in [7, 11) is -2.41. The predicted molar refractivity (Wildman–Crippen MR) is 110 cm³/mol. The van der Waals surface area contributed by atoms with Gasteiger partial charge >= 0.3 is 0 Å². The molecule has 0 fully saturated rings. The molecule has 0 saturated carbocycles. The number of anilines is 1. The van der Waals surface area contributed by atoms with Crippen LogP contribution in [0.5, 0.6) is 5.75 Å². The molecular formula is C19H17ClN2O4S2. The van der Waals surface area contributed by atoms with Crippen molar-refractivity contribution in [2.45, 2.75) is 10.3 Å². The molecule has 0 aliphatic heterocycles. The molecule has 9 heteroatoms. The van der Waals surface area contributed by atoms with Crippen molar-refractivity contribution < 1.29 is 17.9 Å². The number of sulfonamides is 1. The minimum atomic E-state index is -3.88. The molecular weight excluding hydrogens is 420 g/mol. The number of nitrogens with one attached hydrogen (secondary N) is 2. The second-order valence-corrected chi connectivity index (χ2v) is 9.06. The van der Waals surface area contributed by atoms with Gasteiger partial charge in [0.2, 0.25) is 5.91 Å². The fraction of sp³-hybridized carbons (Fsp3) is 0.105. The Morgan fingerprint density at radius 3 is 2.50 bits per heavy atom. The second-order valence-electron chi connectivity index (χ2n) is 5.73. The largest absolute Gasteiger partial charge is 0.495 e. The van der Waals surface area contributed by atoms with Crippen LogP contribution in [-0.2, 0) is 14.8 Å². The fourth-order valence-electron chi connectivity index (χ4n) is 2.53. The zero-order valence-electron chi connectivity index (χ0n) is 14.8. The Morgan fingerprint density at radius 1 is 1.11 bits per heavy atom. The number of hydrogen-bond donors (Lipinski definition) is 2. The van der Waals surface area contributed by atoms with Crippen molar-refractivity contribution in [2.24, 2.45) is 0 Å². The van der Waals surface area contributed by atoms with E-state index >= 15 is 0 Å². The number of rotatable bonds is 7. The minimum absolute atomic E-state index is 0.126. The average Bonchev–Trinajstić information content (AvgIpc) is 3.23. The first kappa shape index (κ1) is 20.3. The molecule has 0 bridgehead atoms. The lowest BCUT2D eigenvalue weighted by molar-refractivity contribution is -0.117. The molecule has 0 spiro atoms. The topological polar surface area (TPSA) is 84.5 Å². The molecule has 0 aliphatic carbocycles. The van der Waals surface area contributed by atoms with Crippen LogP contribution >= 0.6 is 22.9 Å². The molecule has 1 unspecified atom stereocenters. The molecule has 3 aromatic rings. The lowest BCUT2D eigenvalue weighted by Crippen LogP contribution is -2.36. The fourth-order valence-corrected chi connectivity index (χ4v) is 4.90. The van der Waals surface area contributed by atoms with E-state index < -0.39 is 22.0 Å². The maximum atomic E-state index is 13.0. The lowest BCUT2D eigenvalue weighted by atomic mass is 10.1. The highest BCUT2D eigenvalue weighted by Gasteiger charge is 2.28. The third-order valence-corrected chi connectivity index (χ3v) is 6.90. The summed E-state index contributed by atoms with van der Waals surface area (Å²) in [6.07, 6.45) is 0. The number of carbonyl (C=O) groups excluding carboxylic acids is 1. The van der Waals surface area contributed by atoms with Crippen LogP contribution in [0.4, 0.5) is 5.69 Å². The second kappa shape index (κ2) is 8.74. The van der Waals surface area contributed by atoms with Crippen LogP contribution in [-0.4, -0.2) is 21.4 Å². The minimum Gasteiger partial charge on any atom is -0.495 e. The summed E-state index contributed by atoms with van der Waals surface area (Å²) in [6.45, 7) is 0. The molecule has 0 aliphatic rings. The first-order valence-electron chi connectivity index (χ1n) is 8.16. The molecule has 1 amide bonds. The quantitative estimate of drug-likeness (QED) is 0.584. The van der Waals surface area contributed by atoms with Gasteiger partial charge in [-0.1, -0.05) is 48.0 Å². The Hall–Kier alpha value is -2.39. The zero-order chi connectivity index (χ0) is 20.1. The van der Waals surface area contributed by atoms with Crippen molar-refractivity contribution in [1.82, 2.24) is 4.72 Å². The summed E-state index contributed by atoms with van der Waals surface area (Å²) < 4.78 is 33.2. The normalized spacial score (nSPS) is 12.4. The number of amides is 1. The van der Waals surface area contributed by atoms with E-state index in [4.69, 9.17) is 16.3 Å². The Balaban J connectivity index is 1.94. The van der Waals surface area contributed by atoms with E-state index in [9.17, 15) is 13.2 Å². The number of halogens is 1. The van der Waals surface area contributed by atoms with Gasteiger partial charge in [0.25, 0.3) is 10.0 Å². The summed E-state index contributed by atoms with van der Waals surface area (Å²) in [5.41, 5.74) is 0.845. The standard InChI is InChI=1S/C19H17ClN2O4S2/c1-26-16-10-9-14(20)12-15(16)21-19(23)18(13-6-3-2-4-7-13)22-28(24,25)17-8-5-11-27-17/h2-12,18,22H,1H3,(H,21,23). The maximum Gasteiger partial charge on any atom is 0.251 e. The summed E-state index contributed by atoms with van der Waals surface area (Å²) >= 11 is 7.08. The van der Waals surface area contributed by atoms with Crippen molar-refractivity contribution in [3.63, 3.8) is 0 Å². The highest BCUT2D eigenvalue weighted by Crippen LogP contribution is 2.29. The average molecular weight is 437 g/mol. The highest BCUT2D eigenvalue weighted by atomic mass is 35.5. The van der Waals surface area contributed by atoms with Crippen LogP contribution in [0.1, 0.15) is 11.6 Å². The SMILES string of the molecule is COc1ccc(Cl)cc1NC(=O)C(NS(=O)(=O)c1cccs1)c1ccccc1. The smallest absolute Gasteiger partial charge is 0.251 e. The van der Waals surface area contributed by atoms with Gasteiger partial charge in [0.05, 0.1) is 12.8 Å². The van der Waals surface area contributed by atoms with E-state index in [0.717, 1.165) is 11.3 Å². The maximum absolute atomic E-state index is 13.0. The van der Waals surface area contributed by atoms with Crippen LogP contribution in [0.15, 0.2) is 70.3 Å². The molecule has 28 heavy (non-hydrogen) atoms. The van der Waals surface area contributed by atoms with Crippen molar-refractivity contribution in [1.29, 1.82) is 0 Å². The van der Waals surface area contributed by atoms with Crippen molar-refractivity contribution in [3.05, 3.63) is 76.6 Å². The van der Waals surface area contributed by atoms with Crippen molar-refractivity contribution >= 4 is 44.6 Å². The summed E-state index contributed by atoms with van der Waals surface area (Å²) in [4.78, 5) is 13.0.